The van der Waals surface area contributed by atoms with Crippen LogP contribution in [0.5, 0.6) is 0 Å². The van der Waals surface area contributed by atoms with Gasteiger partial charge in [0.15, 0.2) is 0 Å². The second-order valence-electron chi connectivity index (χ2n) is 0. The first-order valence-electron chi connectivity index (χ1n) is 0. The van der Waals surface area contributed by atoms with E-state index < -0.39 is 0 Å². The molecule has 0 rings (SSSR count). The fraction of sp³-hybridized carbons (Fsp3) is 0. The minimum atomic E-state index is 0. The Balaban J connectivity index is 0. The van der Waals surface area contributed by atoms with Gasteiger partial charge in [-0.15, -0.1) is 0 Å². The summed E-state index contributed by atoms with van der Waals surface area (Å²) in [5.41, 5.74) is 0. The van der Waals surface area contributed by atoms with E-state index in [1.807, 2.05) is 0 Å². The van der Waals surface area contributed by atoms with Gasteiger partial charge in [0.1, 0.15) is 0 Å². The van der Waals surface area contributed by atoms with Crippen molar-refractivity contribution >= 4 is 28.8 Å². The van der Waals surface area contributed by atoms with Gasteiger partial charge in [0.2, 0.25) is 0 Å². The van der Waals surface area contributed by atoms with Crippen LogP contribution < -0.4 is 6.15 Å². The van der Waals surface area contributed by atoms with Gasteiger partial charge >= 0.3 is 0 Å². The van der Waals surface area contributed by atoms with Crippen molar-refractivity contribution < 1.29 is 5.48 Å². The van der Waals surface area contributed by atoms with Gasteiger partial charge in [-0.3, -0.25) is 0 Å². The average molecular weight is 76.0 g/mol. The predicted octanol–water partition coefficient (Wildman–Crippen LogP) is -0.985. The van der Waals surface area contributed by atoms with Crippen molar-refractivity contribution in [3.63, 3.8) is 0 Å². The molecule has 25 valence electrons. The van der Waals surface area contributed by atoms with Crippen molar-refractivity contribution in [2.75, 3.05) is 0 Å². The first-order valence-corrected chi connectivity index (χ1v) is 0. The maximum absolute atomic E-state index is 0. The standard InChI is InChI=1S/Li.H3N.H2O.H3P/h;1H3;1H2;1H3. The van der Waals surface area contributed by atoms with Crippen molar-refractivity contribution in [3.8, 4) is 0 Å². The Bertz CT molecular complexity index is 8.00. The predicted molar refractivity (Wildman–Crippen MR) is 25.5 cm³/mol. The van der Waals surface area contributed by atoms with Gasteiger partial charge in [-0.25, -0.2) is 0 Å². The van der Waals surface area contributed by atoms with Crippen LogP contribution in [-0.2, 0) is 0 Å². The van der Waals surface area contributed by atoms with Crippen molar-refractivity contribution in [2.24, 2.45) is 0 Å². The fourth-order valence-corrected chi connectivity index (χ4v) is 0. The zero-order chi connectivity index (χ0) is 0. The SMILES string of the molecule is N.O.P.[Li]. The van der Waals surface area contributed by atoms with Crippen molar-refractivity contribution in [3.05, 3.63) is 0 Å². The molecular formula is H8LiNOP. The summed E-state index contributed by atoms with van der Waals surface area (Å²) in [6, 6.07) is 0. The van der Waals surface area contributed by atoms with Crippen LogP contribution in [0.25, 0.3) is 0 Å². The molecule has 0 aromatic rings. The fourth-order valence-electron chi connectivity index (χ4n) is 0. The van der Waals surface area contributed by atoms with E-state index in [1.54, 1.807) is 0 Å². The molecule has 2 nitrogen and oxygen atoms in total. The van der Waals surface area contributed by atoms with Gasteiger partial charge in [-0.2, -0.15) is 9.90 Å². The second kappa shape index (κ2) is 38.2. The Hall–Kier alpha value is 0.947. The summed E-state index contributed by atoms with van der Waals surface area (Å²) in [4.78, 5) is 0. The number of hydrogen-bond acceptors (Lipinski definition) is 1. The molecule has 1 atom stereocenters. The molecule has 0 spiro atoms. The molecule has 0 aliphatic heterocycles. The number of rotatable bonds is 0. The third-order valence-electron chi connectivity index (χ3n) is 0. The molecule has 1 radical (unpaired) electrons. The molecule has 5 N–H and O–H groups in total. The normalized spacial score (nSPS) is 0. The van der Waals surface area contributed by atoms with E-state index in [4.69, 9.17) is 0 Å². The summed E-state index contributed by atoms with van der Waals surface area (Å²) in [5.74, 6) is 0. The monoisotopic (exact) mass is 76.1 g/mol. The van der Waals surface area contributed by atoms with E-state index in [2.05, 4.69) is 0 Å². The molecule has 0 fully saturated rings. The van der Waals surface area contributed by atoms with Crippen molar-refractivity contribution in [1.29, 1.82) is 0 Å². The summed E-state index contributed by atoms with van der Waals surface area (Å²) in [5, 5.41) is 0. The van der Waals surface area contributed by atoms with Crippen LogP contribution in [-0.4, -0.2) is 24.3 Å². The van der Waals surface area contributed by atoms with E-state index in [0.29, 0.717) is 0 Å². The summed E-state index contributed by atoms with van der Waals surface area (Å²) in [6.07, 6.45) is 0. The van der Waals surface area contributed by atoms with Crippen LogP contribution in [0.4, 0.5) is 0 Å². The first-order chi connectivity index (χ1) is 0. The third-order valence-corrected chi connectivity index (χ3v) is 0. The molecule has 4 heavy (non-hydrogen) atoms. The second-order valence-corrected chi connectivity index (χ2v) is 0. The average Bonchev–Trinajstić information content (AvgIpc) is 0. The molecule has 0 amide bonds. The molecule has 0 aromatic carbocycles. The Morgan fingerprint density at radius 3 is 1.00 bits per heavy atom. The third kappa shape index (κ3) is 12.5. The van der Waals surface area contributed by atoms with E-state index >= 15 is 0 Å². The molecule has 0 bridgehead atoms. The molecule has 0 saturated carbocycles. The quantitative estimate of drug-likeness (QED) is 0.292. The van der Waals surface area contributed by atoms with Gasteiger partial charge < -0.3 is 11.6 Å². The zero-order valence-electron chi connectivity index (χ0n) is 2.91. The molecule has 0 saturated heterocycles. The van der Waals surface area contributed by atoms with Gasteiger partial charge in [0.05, 0.1) is 0 Å². The van der Waals surface area contributed by atoms with Crippen LogP contribution >= 0.6 is 9.90 Å². The van der Waals surface area contributed by atoms with Crippen LogP contribution in [0.15, 0.2) is 0 Å². The minimum Gasteiger partial charge on any atom is -0.412 e. The molecule has 1 unspecified atom stereocenters. The molecule has 4 heteroatoms. The summed E-state index contributed by atoms with van der Waals surface area (Å²) in [7, 11) is 0. The van der Waals surface area contributed by atoms with E-state index in [-0.39, 0.29) is 40.4 Å². The first kappa shape index (κ1) is 85.9. The Morgan fingerprint density at radius 2 is 1.00 bits per heavy atom. The topological polar surface area (TPSA) is 66.5 Å². The van der Waals surface area contributed by atoms with Gasteiger partial charge in [0, 0.05) is 18.9 Å². The van der Waals surface area contributed by atoms with Crippen molar-refractivity contribution in [2.45, 2.75) is 0 Å². The number of hydrogen-bond donors (Lipinski definition) is 1. The van der Waals surface area contributed by atoms with Gasteiger partial charge in [-0.05, 0) is 0 Å². The molecule has 0 aromatic heterocycles. The van der Waals surface area contributed by atoms with Crippen LogP contribution in [0.1, 0.15) is 0 Å². The van der Waals surface area contributed by atoms with Crippen LogP contribution in [0.2, 0.25) is 0 Å². The van der Waals surface area contributed by atoms with Crippen LogP contribution in [0.3, 0.4) is 0 Å². The molecular weight excluding hydrogens is 67.9 g/mol. The smallest absolute Gasteiger partial charge is 0 e. The summed E-state index contributed by atoms with van der Waals surface area (Å²) >= 11 is 0. The Morgan fingerprint density at radius 1 is 1.00 bits per heavy atom. The Labute approximate surface area is 41.0 Å². The maximum Gasteiger partial charge on any atom is 0 e. The minimum absolute atomic E-state index is 0. The van der Waals surface area contributed by atoms with E-state index in [0.717, 1.165) is 0 Å². The maximum atomic E-state index is 0. The summed E-state index contributed by atoms with van der Waals surface area (Å²) < 4.78 is 0. The molecule has 0 aliphatic rings. The molecule has 0 heterocycles. The molecule has 0 aliphatic carbocycles. The largest absolute Gasteiger partial charge is 0.412 e. The summed E-state index contributed by atoms with van der Waals surface area (Å²) in [6.45, 7) is 0. The zero-order valence-corrected chi connectivity index (χ0v) is 4.33. The Kier molecular flexibility index (Phi) is 820. The van der Waals surface area contributed by atoms with Crippen molar-refractivity contribution in [1.82, 2.24) is 6.15 Å². The van der Waals surface area contributed by atoms with Crippen LogP contribution in [0, 0.1) is 0 Å². The van der Waals surface area contributed by atoms with Gasteiger partial charge in [0.25, 0.3) is 0 Å². The van der Waals surface area contributed by atoms with Gasteiger partial charge in [-0.1, -0.05) is 0 Å². The van der Waals surface area contributed by atoms with E-state index in [1.165, 1.54) is 0 Å². The van der Waals surface area contributed by atoms with E-state index in [9.17, 15) is 0 Å².